The first-order valence-corrected chi connectivity index (χ1v) is 13.2. The van der Waals surface area contributed by atoms with Gasteiger partial charge in [-0.2, -0.15) is 0 Å². The van der Waals surface area contributed by atoms with Crippen LogP contribution in [0.15, 0.2) is 127 Å². The second-order valence-electron chi connectivity index (χ2n) is 10.1. The van der Waals surface area contributed by atoms with Crippen molar-refractivity contribution in [2.24, 2.45) is 0 Å². The molecule has 184 valence electrons. The van der Waals surface area contributed by atoms with Crippen LogP contribution in [0.25, 0.3) is 60.5 Å². The molecule has 0 saturated carbocycles. The Morgan fingerprint density at radius 3 is 2.05 bits per heavy atom. The molecule has 0 saturated heterocycles. The summed E-state index contributed by atoms with van der Waals surface area (Å²) in [5.41, 5.74) is 9.76. The maximum absolute atomic E-state index is 13.2. The molecule has 0 bridgehead atoms. The van der Waals surface area contributed by atoms with Crippen molar-refractivity contribution in [3.8, 4) is 27.9 Å². The van der Waals surface area contributed by atoms with Crippen LogP contribution in [0.2, 0.25) is 0 Å². The van der Waals surface area contributed by atoms with Gasteiger partial charge in [-0.25, -0.2) is 4.79 Å². The van der Waals surface area contributed by atoms with Crippen molar-refractivity contribution in [3.63, 3.8) is 0 Å². The van der Waals surface area contributed by atoms with E-state index >= 15 is 0 Å². The molecule has 1 aliphatic rings. The first kappa shape index (κ1) is 21.9. The van der Waals surface area contributed by atoms with Crippen LogP contribution in [0.3, 0.4) is 0 Å². The highest BCUT2D eigenvalue weighted by molar-refractivity contribution is 6.29. The summed E-state index contributed by atoms with van der Waals surface area (Å²) < 4.78 is 7.97. The summed E-state index contributed by atoms with van der Waals surface area (Å²) in [6.45, 7) is 0.246. The van der Waals surface area contributed by atoms with E-state index in [1.54, 1.807) is 0 Å². The second-order valence-corrected chi connectivity index (χ2v) is 10.1. The number of aromatic nitrogens is 1. The molecule has 0 spiro atoms. The number of para-hydroxylation sites is 1. The van der Waals surface area contributed by atoms with Gasteiger partial charge >= 0.3 is 5.97 Å². The smallest absolute Gasteiger partial charge is 0.338 e. The fourth-order valence-corrected chi connectivity index (χ4v) is 6.17. The van der Waals surface area contributed by atoms with Crippen molar-refractivity contribution in [1.82, 2.24) is 4.57 Å². The second kappa shape index (κ2) is 8.44. The predicted octanol–water partition coefficient (Wildman–Crippen LogP) is 8.94. The molecule has 0 fully saturated rings. The van der Waals surface area contributed by atoms with Gasteiger partial charge in [-0.15, -0.1) is 0 Å². The van der Waals surface area contributed by atoms with E-state index in [2.05, 4.69) is 83.4 Å². The van der Waals surface area contributed by atoms with Crippen LogP contribution in [0, 0.1) is 0 Å². The van der Waals surface area contributed by atoms with Crippen LogP contribution in [0.1, 0.15) is 15.9 Å². The van der Waals surface area contributed by atoms with Crippen molar-refractivity contribution in [2.75, 3.05) is 0 Å². The van der Waals surface area contributed by atoms with Gasteiger partial charge in [0.1, 0.15) is 6.61 Å². The zero-order valence-corrected chi connectivity index (χ0v) is 21.1. The minimum absolute atomic E-state index is 0.246. The molecule has 0 unspecified atom stereocenters. The van der Waals surface area contributed by atoms with Gasteiger partial charge in [-0.05, 0) is 68.9 Å². The zero-order valence-electron chi connectivity index (χ0n) is 21.1. The molecule has 7 aromatic rings. The number of nitrogens with zero attached hydrogens (tertiary/aromatic N) is 1. The summed E-state index contributed by atoms with van der Waals surface area (Å²) in [5.74, 6) is -0.325. The van der Waals surface area contributed by atoms with Gasteiger partial charge in [0.05, 0.1) is 16.6 Å². The number of benzene rings is 6. The number of carbonyl (C=O) groups excluding carboxylic acids is 1. The molecule has 0 atom stereocenters. The van der Waals surface area contributed by atoms with E-state index in [-0.39, 0.29) is 12.6 Å². The Morgan fingerprint density at radius 2 is 1.26 bits per heavy atom. The number of hydrogen-bond acceptors (Lipinski definition) is 2. The molecule has 3 heteroatoms. The van der Waals surface area contributed by atoms with Crippen LogP contribution in [0.4, 0.5) is 0 Å². The quantitative estimate of drug-likeness (QED) is 0.225. The molecular formula is C36H23NO2. The van der Waals surface area contributed by atoms with E-state index in [1.165, 1.54) is 38.4 Å². The molecule has 0 aliphatic heterocycles. The molecule has 0 radical (unpaired) electrons. The zero-order chi connectivity index (χ0) is 25.9. The Labute approximate surface area is 225 Å². The van der Waals surface area contributed by atoms with E-state index < -0.39 is 0 Å². The van der Waals surface area contributed by atoms with Crippen molar-refractivity contribution in [2.45, 2.75) is 6.61 Å². The Balaban J connectivity index is 1.38. The fraction of sp³-hybridized carbons (Fsp3) is 0.0278. The van der Waals surface area contributed by atoms with Crippen molar-refractivity contribution in [1.29, 1.82) is 0 Å². The average Bonchev–Trinajstić information content (AvgIpc) is 3.50. The molecule has 0 N–H and O–H groups in total. The normalized spacial score (nSPS) is 11.8. The summed E-state index contributed by atoms with van der Waals surface area (Å²) in [7, 11) is 0. The molecule has 1 aromatic heterocycles. The van der Waals surface area contributed by atoms with E-state index in [4.69, 9.17) is 4.74 Å². The van der Waals surface area contributed by atoms with Crippen LogP contribution in [-0.4, -0.2) is 10.5 Å². The summed E-state index contributed by atoms with van der Waals surface area (Å²) in [4.78, 5) is 13.2. The van der Waals surface area contributed by atoms with Crippen molar-refractivity contribution >= 4 is 38.5 Å². The first-order valence-electron chi connectivity index (χ1n) is 13.2. The van der Waals surface area contributed by atoms with E-state index in [9.17, 15) is 4.79 Å². The van der Waals surface area contributed by atoms with Crippen LogP contribution >= 0.6 is 0 Å². The minimum Gasteiger partial charge on any atom is -0.457 e. The van der Waals surface area contributed by atoms with Crippen molar-refractivity contribution < 1.29 is 9.53 Å². The minimum atomic E-state index is -0.325. The van der Waals surface area contributed by atoms with Gasteiger partial charge in [-0.1, -0.05) is 97.1 Å². The lowest BCUT2D eigenvalue weighted by atomic mass is 9.98. The fourth-order valence-electron chi connectivity index (χ4n) is 6.17. The predicted molar refractivity (Wildman–Crippen MR) is 158 cm³/mol. The Hall–Kier alpha value is -5.15. The van der Waals surface area contributed by atoms with Crippen LogP contribution in [-0.2, 0) is 11.3 Å². The highest BCUT2D eigenvalue weighted by Crippen LogP contribution is 2.51. The van der Waals surface area contributed by atoms with E-state index in [0.717, 1.165) is 27.7 Å². The maximum Gasteiger partial charge on any atom is 0.338 e. The van der Waals surface area contributed by atoms with E-state index in [0.29, 0.717) is 5.56 Å². The molecular weight excluding hydrogens is 478 g/mol. The van der Waals surface area contributed by atoms with Gasteiger partial charge in [0.25, 0.3) is 0 Å². The maximum atomic E-state index is 13.2. The molecule has 8 rings (SSSR count). The lowest BCUT2D eigenvalue weighted by Crippen LogP contribution is -2.05. The molecule has 3 nitrogen and oxygen atoms in total. The van der Waals surface area contributed by atoms with Gasteiger partial charge in [0.2, 0.25) is 0 Å². The SMILES string of the molecule is O=C(OCc1ccccc1)c1ccc2c3c4cccc5c4c(cc3n(-c3ccccc3)c2c1)-c1ccccc1-5. The molecule has 6 aromatic carbocycles. The van der Waals surface area contributed by atoms with Crippen molar-refractivity contribution in [3.05, 3.63) is 139 Å². The molecule has 1 heterocycles. The van der Waals surface area contributed by atoms with Crippen LogP contribution in [0.5, 0.6) is 0 Å². The average molecular weight is 502 g/mol. The lowest BCUT2D eigenvalue weighted by Gasteiger charge is -2.10. The molecule has 0 amide bonds. The van der Waals surface area contributed by atoms with Gasteiger partial charge < -0.3 is 9.30 Å². The summed E-state index contributed by atoms with van der Waals surface area (Å²) in [6.07, 6.45) is 0. The Bertz CT molecular complexity index is 2070. The summed E-state index contributed by atoms with van der Waals surface area (Å²) >= 11 is 0. The summed E-state index contributed by atoms with van der Waals surface area (Å²) in [6, 6.07) is 43.7. The third-order valence-electron chi connectivity index (χ3n) is 7.86. The number of esters is 1. The third kappa shape index (κ3) is 3.27. The van der Waals surface area contributed by atoms with Gasteiger partial charge in [0.15, 0.2) is 0 Å². The van der Waals surface area contributed by atoms with Crippen LogP contribution < -0.4 is 0 Å². The molecule has 1 aliphatic carbocycles. The lowest BCUT2D eigenvalue weighted by molar-refractivity contribution is 0.0473. The number of hydrogen-bond donors (Lipinski definition) is 0. The Morgan fingerprint density at radius 1 is 0.564 bits per heavy atom. The van der Waals surface area contributed by atoms with E-state index in [1.807, 2.05) is 48.5 Å². The molecule has 39 heavy (non-hydrogen) atoms. The largest absolute Gasteiger partial charge is 0.457 e. The number of rotatable bonds is 4. The highest BCUT2D eigenvalue weighted by Gasteiger charge is 2.25. The number of fused-ring (bicyclic) bond motifs is 7. The summed E-state index contributed by atoms with van der Waals surface area (Å²) in [5, 5.41) is 4.85. The first-order chi connectivity index (χ1) is 19.3. The third-order valence-corrected chi connectivity index (χ3v) is 7.86. The standard InChI is InChI=1S/C36H23NO2/c38-36(39-22-23-10-3-1-4-11-23)24-18-19-29-32(20-24)37(25-12-5-2-6-13-25)33-21-31-27-15-8-7-14-26(27)28-16-9-17-30(34(28)31)35(29)33/h1-21H,22H2. The number of ether oxygens (including phenoxy) is 1. The highest BCUT2D eigenvalue weighted by atomic mass is 16.5. The van der Waals surface area contributed by atoms with Gasteiger partial charge in [0, 0.05) is 16.5 Å². The topological polar surface area (TPSA) is 31.2 Å². The Kier molecular flexibility index (Phi) is 4.74. The van der Waals surface area contributed by atoms with Gasteiger partial charge in [-0.3, -0.25) is 0 Å². The number of carbonyl (C=O) groups is 1. The monoisotopic (exact) mass is 501 g/mol.